The van der Waals surface area contributed by atoms with Crippen molar-refractivity contribution in [3.8, 4) is 0 Å². The minimum atomic E-state index is -0.613. The summed E-state index contributed by atoms with van der Waals surface area (Å²) in [5, 5.41) is 0. The van der Waals surface area contributed by atoms with E-state index in [0.29, 0.717) is 12.3 Å². The van der Waals surface area contributed by atoms with Gasteiger partial charge in [-0.3, -0.25) is 4.79 Å². The lowest BCUT2D eigenvalue weighted by molar-refractivity contribution is -0.136. The van der Waals surface area contributed by atoms with Crippen molar-refractivity contribution in [3.05, 3.63) is 0 Å². The van der Waals surface area contributed by atoms with E-state index < -0.39 is 5.41 Å². The van der Waals surface area contributed by atoms with Gasteiger partial charge in [-0.1, -0.05) is 13.8 Å². The first-order chi connectivity index (χ1) is 5.54. The predicted molar refractivity (Wildman–Crippen MR) is 44.6 cm³/mol. The number of hydrogen-bond donors (Lipinski definition) is 0. The van der Waals surface area contributed by atoms with Crippen LogP contribution in [0.15, 0.2) is 0 Å². The van der Waals surface area contributed by atoms with Gasteiger partial charge in [-0.2, -0.15) is 0 Å². The molecule has 2 heteroatoms. The van der Waals surface area contributed by atoms with Gasteiger partial charge in [0.2, 0.25) is 0 Å². The Bertz CT molecular complexity index is 255. The Kier molecular flexibility index (Phi) is 1.31. The van der Waals surface area contributed by atoms with Crippen molar-refractivity contribution in [2.45, 2.75) is 33.1 Å². The van der Waals surface area contributed by atoms with Gasteiger partial charge in [0.1, 0.15) is 12.1 Å². The molecule has 2 aliphatic rings. The molecule has 2 fully saturated rings. The van der Waals surface area contributed by atoms with Gasteiger partial charge in [-0.25, -0.2) is 0 Å². The van der Waals surface area contributed by atoms with E-state index >= 15 is 0 Å². The fourth-order valence-corrected chi connectivity index (χ4v) is 2.99. The third-order valence-corrected chi connectivity index (χ3v) is 4.19. The Labute approximate surface area is 72.3 Å². The van der Waals surface area contributed by atoms with E-state index in [1.807, 2.05) is 0 Å². The van der Waals surface area contributed by atoms with E-state index in [2.05, 4.69) is 13.8 Å². The molecule has 2 atom stereocenters. The summed E-state index contributed by atoms with van der Waals surface area (Å²) in [6.45, 7) is 4.12. The van der Waals surface area contributed by atoms with Crippen molar-refractivity contribution in [1.29, 1.82) is 0 Å². The monoisotopic (exact) mass is 166 g/mol. The minimum Gasteiger partial charge on any atom is -0.302 e. The van der Waals surface area contributed by atoms with Gasteiger partial charge >= 0.3 is 0 Å². The fraction of sp³-hybridized carbons (Fsp3) is 0.800. The first-order valence-corrected chi connectivity index (χ1v) is 4.54. The van der Waals surface area contributed by atoms with Crippen LogP contribution in [-0.4, -0.2) is 12.1 Å². The summed E-state index contributed by atoms with van der Waals surface area (Å²) >= 11 is 0. The number of hydrogen-bond acceptors (Lipinski definition) is 2. The highest BCUT2D eigenvalue weighted by atomic mass is 16.1. The fourth-order valence-electron chi connectivity index (χ4n) is 2.99. The molecule has 2 rings (SSSR count). The maximum atomic E-state index is 11.6. The number of fused-ring (bicyclic) bond motifs is 2. The van der Waals surface area contributed by atoms with Gasteiger partial charge in [-0.15, -0.1) is 0 Å². The molecule has 2 saturated carbocycles. The first-order valence-electron chi connectivity index (χ1n) is 4.54. The zero-order valence-electron chi connectivity index (χ0n) is 7.59. The van der Waals surface area contributed by atoms with Crippen molar-refractivity contribution in [2.24, 2.45) is 16.7 Å². The highest BCUT2D eigenvalue weighted by molar-refractivity contribution is 6.02. The van der Waals surface area contributed by atoms with E-state index in [0.717, 1.165) is 19.1 Å². The molecule has 0 spiro atoms. The van der Waals surface area contributed by atoms with Gasteiger partial charge < -0.3 is 4.79 Å². The number of carbonyl (C=O) groups is 2. The van der Waals surface area contributed by atoms with Gasteiger partial charge in [0, 0.05) is 6.42 Å². The molecular formula is C10H14O2. The molecule has 2 aliphatic carbocycles. The highest BCUT2D eigenvalue weighted by Gasteiger charge is 2.64. The smallest absolute Gasteiger partial charge is 0.146 e. The van der Waals surface area contributed by atoms with Crippen LogP contribution in [0.5, 0.6) is 0 Å². The standard InChI is InChI=1S/C10H14O2/c1-9(2)7-3-4-10(9,6-11)8(12)5-7/h6-7H,3-5H2,1-2H3/t7-,10-/m1/s1. The van der Waals surface area contributed by atoms with Crippen LogP contribution in [0, 0.1) is 16.7 Å². The van der Waals surface area contributed by atoms with Crippen LogP contribution >= 0.6 is 0 Å². The maximum Gasteiger partial charge on any atom is 0.146 e. The summed E-state index contributed by atoms with van der Waals surface area (Å²) < 4.78 is 0. The Balaban J connectivity index is 2.52. The van der Waals surface area contributed by atoms with E-state index in [-0.39, 0.29) is 11.2 Å². The van der Waals surface area contributed by atoms with Gasteiger partial charge in [0.15, 0.2) is 0 Å². The summed E-state index contributed by atoms with van der Waals surface area (Å²) in [4.78, 5) is 22.6. The highest BCUT2D eigenvalue weighted by Crippen LogP contribution is 2.62. The summed E-state index contributed by atoms with van der Waals surface area (Å²) in [5.74, 6) is 0.633. The molecule has 12 heavy (non-hydrogen) atoms. The topological polar surface area (TPSA) is 34.1 Å². The van der Waals surface area contributed by atoms with E-state index in [4.69, 9.17) is 0 Å². The second-order valence-electron chi connectivity index (χ2n) is 4.67. The van der Waals surface area contributed by atoms with Gasteiger partial charge in [0.25, 0.3) is 0 Å². The largest absolute Gasteiger partial charge is 0.302 e. The van der Waals surface area contributed by atoms with Crippen molar-refractivity contribution in [2.75, 3.05) is 0 Å². The third-order valence-electron chi connectivity index (χ3n) is 4.19. The van der Waals surface area contributed by atoms with Crippen molar-refractivity contribution in [1.82, 2.24) is 0 Å². The molecule has 2 nitrogen and oxygen atoms in total. The minimum absolute atomic E-state index is 0.0775. The Morgan fingerprint density at radius 2 is 2.17 bits per heavy atom. The molecule has 0 saturated heterocycles. The van der Waals surface area contributed by atoms with Crippen LogP contribution in [0.25, 0.3) is 0 Å². The summed E-state index contributed by atoms with van der Waals surface area (Å²) in [5.41, 5.74) is -0.691. The molecular weight excluding hydrogens is 152 g/mol. The molecule has 66 valence electrons. The molecule has 0 aromatic carbocycles. The number of rotatable bonds is 1. The normalized spacial score (nSPS) is 43.5. The van der Waals surface area contributed by atoms with E-state index in [9.17, 15) is 9.59 Å². The maximum absolute atomic E-state index is 11.6. The average molecular weight is 166 g/mol. The van der Waals surface area contributed by atoms with Crippen LogP contribution in [-0.2, 0) is 9.59 Å². The molecule has 0 aromatic heterocycles. The molecule has 0 aliphatic heterocycles. The lowest BCUT2D eigenvalue weighted by Crippen LogP contribution is -2.37. The van der Waals surface area contributed by atoms with Crippen molar-refractivity contribution in [3.63, 3.8) is 0 Å². The van der Waals surface area contributed by atoms with E-state index in [1.165, 1.54) is 0 Å². The SMILES string of the molecule is CC1(C)[C@@H]2CC[C@@]1(C=O)C(=O)C2. The summed E-state index contributed by atoms with van der Waals surface area (Å²) in [6, 6.07) is 0. The number of ketones is 1. The van der Waals surface area contributed by atoms with Gasteiger partial charge in [-0.05, 0) is 24.2 Å². The molecule has 0 unspecified atom stereocenters. The Morgan fingerprint density at radius 3 is 2.42 bits per heavy atom. The number of aldehydes is 1. The van der Waals surface area contributed by atoms with Crippen LogP contribution < -0.4 is 0 Å². The second kappa shape index (κ2) is 1.98. The second-order valence-corrected chi connectivity index (χ2v) is 4.67. The lowest BCUT2D eigenvalue weighted by atomic mass is 9.70. The molecule has 2 bridgehead atoms. The number of Topliss-reactive ketones (excluding diaryl/α,β-unsaturated/α-hetero) is 1. The average Bonchev–Trinajstić information content (AvgIpc) is 2.36. The Hall–Kier alpha value is -0.660. The quantitative estimate of drug-likeness (QED) is 0.438. The zero-order valence-corrected chi connectivity index (χ0v) is 7.59. The van der Waals surface area contributed by atoms with Crippen LogP contribution in [0.1, 0.15) is 33.1 Å². The third kappa shape index (κ3) is 0.584. The van der Waals surface area contributed by atoms with Crippen LogP contribution in [0.3, 0.4) is 0 Å². The first kappa shape index (κ1) is 7.96. The zero-order chi connectivity index (χ0) is 8.98. The van der Waals surface area contributed by atoms with Crippen LogP contribution in [0.2, 0.25) is 0 Å². The molecule has 0 N–H and O–H groups in total. The lowest BCUT2D eigenvalue weighted by Gasteiger charge is -2.30. The summed E-state index contributed by atoms with van der Waals surface area (Å²) in [7, 11) is 0. The molecule has 0 heterocycles. The molecule has 0 aromatic rings. The summed E-state index contributed by atoms with van der Waals surface area (Å²) in [6.07, 6.45) is 3.37. The number of carbonyl (C=O) groups excluding carboxylic acids is 2. The van der Waals surface area contributed by atoms with Gasteiger partial charge in [0.05, 0.1) is 5.41 Å². The van der Waals surface area contributed by atoms with Crippen molar-refractivity contribution >= 4 is 12.1 Å². The Morgan fingerprint density at radius 1 is 1.50 bits per heavy atom. The molecule has 0 radical (unpaired) electrons. The molecule has 0 amide bonds. The predicted octanol–water partition coefficient (Wildman–Crippen LogP) is 1.58. The van der Waals surface area contributed by atoms with Crippen molar-refractivity contribution < 1.29 is 9.59 Å². The van der Waals surface area contributed by atoms with Crippen LogP contribution in [0.4, 0.5) is 0 Å². The van der Waals surface area contributed by atoms with E-state index in [1.54, 1.807) is 0 Å².